The van der Waals surface area contributed by atoms with Crippen LogP contribution in [0, 0.1) is 0 Å². The van der Waals surface area contributed by atoms with Crippen LogP contribution >= 0.6 is 0 Å². The van der Waals surface area contributed by atoms with E-state index >= 15 is 0 Å². The smallest absolute Gasteiger partial charge is 0.434 e. The van der Waals surface area contributed by atoms with E-state index in [1.807, 2.05) is 0 Å². The molecule has 0 aromatic heterocycles. The molecule has 1 aromatic rings. The summed E-state index contributed by atoms with van der Waals surface area (Å²) in [6.45, 7) is 8.57. The zero-order chi connectivity index (χ0) is 25.9. The standard InChI is InChI=1S/C22H35N5O7/c1-14(24-18(28)15(2)25-20(30)34-22(3,4)5)19(29)26-17-9-7-16(8-10-17)13-33-21(31)27(32-6)12-11-23/h7-10,14-15H,11-13,23H2,1-6H3,(H,24,28)(H,25,30)(H,26,29)/t14-,15-/m0/s1. The maximum Gasteiger partial charge on any atom is 0.434 e. The largest absolute Gasteiger partial charge is 0.444 e. The Morgan fingerprint density at radius 3 is 2.12 bits per heavy atom. The number of amides is 4. The molecule has 12 heteroatoms. The Bertz CT molecular complexity index is 839. The van der Waals surface area contributed by atoms with Gasteiger partial charge in [0, 0.05) is 12.2 Å². The van der Waals surface area contributed by atoms with Gasteiger partial charge in [-0.05, 0) is 52.3 Å². The number of nitrogens with two attached hydrogens (primary N) is 1. The Morgan fingerprint density at radius 1 is 1.00 bits per heavy atom. The number of anilines is 1. The first kappa shape index (κ1) is 28.7. The van der Waals surface area contributed by atoms with Crippen LogP contribution in [0.15, 0.2) is 24.3 Å². The Morgan fingerprint density at radius 2 is 1.59 bits per heavy atom. The van der Waals surface area contributed by atoms with Crippen molar-refractivity contribution in [1.29, 1.82) is 0 Å². The van der Waals surface area contributed by atoms with Gasteiger partial charge in [0.2, 0.25) is 11.8 Å². The first-order valence-electron chi connectivity index (χ1n) is 10.7. The lowest BCUT2D eigenvalue weighted by Crippen LogP contribution is -2.51. The van der Waals surface area contributed by atoms with E-state index in [0.29, 0.717) is 11.3 Å². The van der Waals surface area contributed by atoms with Gasteiger partial charge in [-0.2, -0.15) is 5.06 Å². The van der Waals surface area contributed by atoms with E-state index in [4.69, 9.17) is 20.0 Å². The van der Waals surface area contributed by atoms with Crippen LogP contribution in [0.2, 0.25) is 0 Å². The average molecular weight is 482 g/mol. The predicted octanol–water partition coefficient (Wildman–Crippen LogP) is 1.50. The van der Waals surface area contributed by atoms with Crippen LogP contribution in [-0.4, -0.2) is 66.9 Å². The summed E-state index contributed by atoms with van der Waals surface area (Å²) < 4.78 is 10.3. The third-order valence-corrected chi connectivity index (χ3v) is 4.22. The van der Waals surface area contributed by atoms with Crippen molar-refractivity contribution < 1.29 is 33.5 Å². The third-order valence-electron chi connectivity index (χ3n) is 4.22. The highest BCUT2D eigenvalue weighted by atomic mass is 16.7. The van der Waals surface area contributed by atoms with Gasteiger partial charge in [-0.15, -0.1) is 0 Å². The molecule has 190 valence electrons. The second-order valence-electron chi connectivity index (χ2n) is 8.41. The van der Waals surface area contributed by atoms with E-state index in [1.165, 1.54) is 21.0 Å². The molecule has 0 fully saturated rings. The van der Waals surface area contributed by atoms with Crippen LogP contribution in [0.25, 0.3) is 0 Å². The zero-order valence-corrected chi connectivity index (χ0v) is 20.5. The Balaban J connectivity index is 2.52. The molecule has 1 aromatic carbocycles. The summed E-state index contributed by atoms with van der Waals surface area (Å²) in [6, 6.07) is 4.87. The van der Waals surface area contributed by atoms with E-state index in [-0.39, 0.29) is 19.7 Å². The Labute approximate surface area is 199 Å². The number of alkyl carbamates (subject to hydrolysis) is 1. The van der Waals surface area contributed by atoms with E-state index in [2.05, 4.69) is 16.0 Å². The molecule has 0 heterocycles. The van der Waals surface area contributed by atoms with Gasteiger partial charge in [-0.3, -0.25) is 14.4 Å². The molecule has 0 spiro atoms. The Kier molecular flexibility index (Phi) is 11.3. The highest BCUT2D eigenvalue weighted by Gasteiger charge is 2.23. The fraction of sp³-hybridized carbons (Fsp3) is 0.545. The van der Waals surface area contributed by atoms with Gasteiger partial charge < -0.3 is 31.2 Å². The van der Waals surface area contributed by atoms with Crippen molar-refractivity contribution in [3.05, 3.63) is 29.8 Å². The zero-order valence-electron chi connectivity index (χ0n) is 20.5. The van der Waals surface area contributed by atoms with Crippen LogP contribution in [0.5, 0.6) is 0 Å². The van der Waals surface area contributed by atoms with E-state index < -0.39 is 41.7 Å². The monoisotopic (exact) mass is 481 g/mol. The molecule has 2 atom stereocenters. The molecule has 12 nitrogen and oxygen atoms in total. The minimum Gasteiger partial charge on any atom is -0.444 e. The fourth-order valence-electron chi connectivity index (χ4n) is 2.48. The molecule has 34 heavy (non-hydrogen) atoms. The first-order chi connectivity index (χ1) is 15.9. The summed E-state index contributed by atoms with van der Waals surface area (Å²) >= 11 is 0. The van der Waals surface area contributed by atoms with E-state index in [1.54, 1.807) is 45.0 Å². The van der Waals surface area contributed by atoms with E-state index in [0.717, 1.165) is 5.06 Å². The van der Waals surface area contributed by atoms with Gasteiger partial charge in [0.1, 0.15) is 24.3 Å². The number of rotatable bonds is 10. The van der Waals surface area contributed by atoms with Crippen molar-refractivity contribution in [1.82, 2.24) is 15.7 Å². The number of nitrogens with zero attached hydrogens (tertiary/aromatic N) is 1. The summed E-state index contributed by atoms with van der Waals surface area (Å²) in [5.41, 5.74) is 5.89. The molecule has 0 saturated heterocycles. The van der Waals surface area contributed by atoms with Crippen molar-refractivity contribution >= 4 is 29.7 Å². The van der Waals surface area contributed by atoms with Crippen molar-refractivity contribution in [3.63, 3.8) is 0 Å². The fourth-order valence-corrected chi connectivity index (χ4v) is 2.48. The number of hydroxylamine groups is 2. The molecule has 0 unspecified atom stereocenters. The van der Waals surface area contributed by atoms with Crippen molar-refractivity contribution in [2.24, 2.45) is 5.73 Å². The second kappa shape index (κ2) is 13.4. The molecule has 5 N–H and O–H groups in total. The van der Waals surface area contributed by atoms with Gasteiger partial charge >= 0.3 is 12.2 Å². The number of benzene rings is 1. The molecule has 1 rings (SSSR count). The first-order valence-corrected chi connectivity index (χ1v) is 10.7. The van der Waals surface area contributed by atoms with Crippen LogP contribution in [0.4, 0.5) is 15.3 Å². The number of hydrogen-bond donors (Lipinski definition) is 4. The van der Waals surface area contributed by atoms with Crippen LogP contribution < -0.4 is 21.7 Å². The average Bonchev–Trinajstić information content (AvgIpc) is 2.75. The number of hydrogen-bond acceptors (Lipinski definition) is 8. The van der Waals surface area contributed by atoms with Crippen LogP contribution in [0.3, 0.4) is 0 Å². The van der Waals surface area contributed by atoms with Gasteiger partial charge in [0.25, 0.3) is 0 Å². The van der Waals surface area contributed by atoms with Crippen LogP contribution in [0.1, 0.15) is 40.2 Å². The number of nitrogens with one attached hydrogen (secondary N) is 3. The lowest BCUT2D eigenvalue weighted by atomic mass is 10.2. The van der Waals surface area contributed by atoms with Crippen molar-refractivity contribution in [2.75, 3.05) is 25.5 Å². The summed E-state index contributed by atoms with van der Waals surface area (Å²) in [7, 11) is 1.34. The van der Waals surface area contributed by atoms with Gasteiger partial charge in [-0.1, -0.05) is 12.1 Å². The molecule has 0 aliphatic carbocycles. The van der Waals surface area contributed by atoms with Crippen LogP contribution in [-0.2, 0) is 30.5 Å². The molecule has 4 amide bonds. The molecular weight excluding hydrogens is 446 g/mol. The number of carbonyl (C=O) groups is 4. The Hall–Kier alpha value is -3.38. The van der Waals surface area contributed by atoms with Gasteiger partial charge in [0.15, 0.2) is 0 Å². The third kappa shape index (κ3) is 10.5. The number of carbonyl (C=O) groups excluding carboxylic acids is 4. The minimum absolute atomic E-state index is 0.00644. The summed E-state index contributed by atoms with van der Waals surface area (Å²) in [4.78, 5) is 53.2. The molecular formula is C22H35N5O7. The topological polar surface area (TPSA) is 161 Å². The van der Waals surface area contributed by atoms with Crippen molar-refractivity contribution in [3.8, 4) is 0 Å². The molecule has 0 aliphatic heterocycles. The minimum atomic E-state index is -0.897. The second-order valence-corrected chi connectivity index (χ2v) is 8.41. The SMILES string of the molecule is CON(CCN)C(=O)OCc1ccc(NC(=O)[C@H](C)NC(=O)[C@H](C)NC(=O)OC(C)(C)C)cc1. The molecule has 0 bridgehead atoms. The lowest BCUT2D eigenvalue weighted by molar-refractivity contribution is -0.127. The van der Waals surface area contributed by atoms with E-state index in [9.17, 15) is 19.2 Å². The highest BCUT2D eigenvalue weighted by molar-refractivity contribution is 5.97. The maximum absolute atomic E-state index is 12.4. The predicted molar refractivity (Wildman–Crippen MR) is 124 cm³/mol. The molecule has 0 saturated carbocycles. The summed E-state index contributed by atoms with van der Waals surface area (Å²) in [5.74, 6) is -0.986. The van der Waals surface area contributed by atoms with Gasteiger partial charge in [-0.25, -0.2) is 9.59 Å². The van der Waals surface area contributed by atoms with Gasteiger partial charge in [0.05, 0.1) is 13.7 Å². The van der Waals surface area contributed by atoms with Crippen molar-refractivity contribution in [2.45, 2.75) is 58.9 Å². The number of ether oxygens (including phenoxy) is 2. The highest BCUT2D eigenvalue weighted by Crippen LogP contribution is 2.12. The lowest BCUT2D eigenvalue weighted by Gasteiger charge is -2.22. The summed E-state index contributed by atoms with van der Waals surface area (Å²) in [5, 5.41) is 8.64. The maximum atomic E-state index is 12.4. The molecule has 0 radical (unpaired) electrons. The molecule has 0 aliphatic rings. The normalized spacial score (nSPS) is 12.7. The quantitative estimate of drug-likeness (QED) is 0.366. The summed E-state index contributed by atoms with van der Waals surface area (Å²) in [6.07, 6.45) is -1.39.